The Morgan fingerprint density at radius 2 is 2.00 bits per heavy atom. The minimum Gasteiger partial charge on any atom is -0.353 e. The lowest BCUT2D eigenvalue weighted by molar-refractivity contribution is -0.139. The number of para-hydroxylation sites is 2. The fraction of sp³-hybridized carbons (Fsp3) is 0.500. The van der Waals surface area contributed by atoms with Crippen molar-refractivity contribution < 1.29 is 9.59 Å². The van der Waals surface area contributed by atoms with Crippen LogP contribution in [0.25, 0.3) is 11.0 Å². The molecular formula is C18H22N4O3. The number of amides is 2. The van der Waals surface area contributed by atoms with E-state index in [0.717, 1.165) is 36.7 Å². The summed E-state index contributed by atoms with van der Waals surface area (Å²) >= 11 is 0. The highest BCUT2D eigenvalue weighted by molar-refractivity contribution is 5.90. The second-order valence-corrected chi connectivity index (χ2v) is 6.85. The number of carbonyl (C=O) groups is 2. The largest absolute Gasteiger partial charge is 0.353 e. The van der Waals surface area contributed by atoms with Crippen molar-refractivity contribution in [1.29, 1.82) is 0 Å². The van der Waals surface area contributed by atoms with Crippen molar-refractivity contribution in [2.24, 2.45) is 5.92 Å². The molecule has 4 rings (SSSR count). The normalized spacial score (nSPS) is 20.2. The van der Waals surface area contributed by atoms with Crippen LogP contribution in [0.3, 0.4) is 0 Å². The summed E-state index contributed by atoms with van der Waals surface area (Å²) in [6, 6.07) is 7.13. The Labute approximate surface area is 145 Å². The Bertz CT molecular complexity index is 865. The molecule has 1 aliphatic carbocycles. The van der Waals surface area contributed by atoms with Gasteiger partial charge in [0, 0.05) is 25.6 Å². The number of carbonyl (C=O) groups excluding carboxylic acids is 2. The van der Waals surface area contributed by atoms with Crippen LogP contribution in [0.1, 0.15) is 25.7 Å². The first kappa shape index (κ1) is 15.9. The van der Waals surface area contributed by atoms with Crippen LogP contribution in [0, 0.1) is 5.92 Å². The van der Waals surface area contributed by atoms with Crippen molar-refractivity contribution in [2.45, 2.75) is 38.3 Å². The molecule has 7 nitrogen and oxygen atoms in total. The number of nitrogens with zero attached hydrogens (tertiary/aromatic N) is 2. The smallest absolute Gasteiger partial charge is 0.326 e. The molecule has 2 aromatic rings. The van der Waals surface area contributed by atoms with Gasteiger partial charge < -0.3 is 15.2 Å². The second-order valence-electron chi connectivity index (χ2n) is 6.85. The number of likely N-dealkylation sites (tertiary alicyclic amines) is 1. The van der Waals surface area contributed by atoms with Gasteiger partial charge in [-0.15, -0.1) is 0 Å². The highest BCUT2D eigenvalue weighted by atomic mass is 16.2. The van der Waals surface area contributed by atoms with Crippen molar-refractivity contribution in [3.05, 3.63) is 34.7 Å². The summed E-state index contributed by atoms with van der Waals surface area (Å²) in [6.45, 7) is 1.44. The van der Waals surface area contributed by atoms with E-state index in [2.05, 4.69) is 10.3 Å². The van der Waals surface area contributed by atoms with E-state index in [4.69, 9.17) is 0 Å². The molecule has 2 amide bonds. The van der Waals surface area contributed by atoms with Gasteiger partial charge in [0.2, 0.25) is 11.8 Å². The number of aromatic nitrogens is 2. The summed E-state index contributed by atoms with van der Waals surface area (Å²) in [7, 11) is 0. The van der Waals surface area contributed by atoms with Gasteiger partial charge in [0.1, 0.15) is 6.04 Å². The third kappa shape index (κ3) is 3.06. The molecule has 1 aliphatic heterocycles. The van der Waals surface area contributed by atoms with Gasteiger partial charge in [0.25, 0.3) is 0 Å². The van der Waals surface area contributed by atoms with Crippen molar-refractivity contribution in [1.82, 2.24) is 19.8 Å². The van der Waals surface area contributed by atoms with E-state index in [0.29, 0.717) is 19.6 Å². The van der Waals surface area contributed by atoms with Gasteiger partial charge >= 0.3 is 5.69 Å². The van der Waals surface area contributed by atoms with Gasteiger partial charge in [-0.3, -0.25) is 14.2 Å². The number of hydrogen-bond donors (Lipinski definition) is 2. The lowest BCUT2D eigenvalue weighted by Gasteiger charge is -2.24. The van der Waals surface area contributed by atoms with E-state index in [9.17, 15) is 14.4 Å². The van der Waals surface area contributed by atoms with Crippen LogP contribution < -0.4 is 11.0 Å². The number of imidazole rings is 1. The molecule has 2 N–H and O–H groups in total. The molecule has 2 heterocycles. The summed E-state index contributed by atoms with van der Waals surface area (Å²) < 4.78 is 1.62. The van der Waals surface area contributed by atoms with Crippen LogP contribution in [-0.2, 0) is 16.1 Å². The van der Waals surface area contributed by atoms with E-state index in [1.165, 1.54) is 0 Å². The van der Waals surface area contributed by atoms with Gasteiger partial charge in [-0.2, -0.15) is 0 Å². The third-order valence-electron chi connectivity index (χ3n) is 5.08. The first-order valence-electron chi connectivity index (χ1n) is 8.91. The minimum absolute atomic E-state index is 0.112. The molecule has 132 valence electrons. The Hall–Kier alpha value is -2.57. The van der Waals surface area contributed by atoms with Crippen LogP contribution in [0.4, 0.5) is 0 Å². The van der Waals surface area contributed by atoms with E-state index >= 15 is 0 Å². The second kappa shape index (κ2) is 6.38. The molecule has 1 saturated carbocycles. The molecule has 7 heteroatoms. The first-order valence-corrected chi connectivity index (χ1v) is 8.91. The molecule has 2 fully saturated rings. The number of nitrogens with one attached hydrogen (secondary N) is 2. The van der Waals surface area contributed by atoms with Gasteiger partial charge in [-0.1, -0.05) is 12.1 Å². The summed E-state index contributed by atoms with van der Waals surface area (Å²) in [4.78, 5) is 41.3. The molecule has 0 radical (unpaired) electrons. The van der Waals surface area contributed by atoms with Gasteiger partial charge in [0.15, 0.2) is 0 Å². The van der Waals surface area contributed by atoms with E-state index in [1.807, 2.05) is 24.3 Å². The average Bonchev–Trinajstić information content (AvgIpc) is 3.25. The Kier molecular flexibility index (Phi) is 4.07. The molecule has 1 aromatic heterocycles. The molecule has 1 saturated heterocycles. The monoisotopic (exact) mass is 342 g/mol. The Balaban J connectivity index is 1.37. The number of H-pyrrole nitrogens is 1. The maximum atomic E-state index is 12.5. The number of rotatable bonds is 5. The fourth-order valence-electron chi connectivity index (χ4n) is 3.61. The van der Waals surface area contributed by atoms with E-state index < -0.39 is 0 Å². The maximum Gasteiger partial charge on any atom is 0.326 e. The fourth-order valence-corrected chi connectivity index (χ4v) is 3.61. The predicted octanol–water partition coefficient (Wildman–Crippen LogP) is 0.847. The number of aromatic amines is 1. The van der Waals surface area contributed by atoms with Crippen LogP contribution in [0.5, 0.6) is 0 Å². The van der Waals surface area contributed by atoms with Crippen molar-refractivity contribution in [2.75, 3.05) is 13.1 Å². The Morgan fingerprint density at radius 3 is 2.80 bits per heavy atom. The van der Waals surface area contributed by atoms with Crippen molar-refractivity contribution in [3.63, 3.8) is 0 Å². The van der Waals surface area contributed by atoms with Crippen LogP contribution in [0.15, 0.2) is 29.1 Å². The number of benzene rings is 1. The molecule has 0 unspecified atom stereocenters. The average molecular weight is 342 g/mol. The zero-order chi connectivity index (χ0) is 17.4. The highest BCUT2D eigenvalue weighted by Gasteiger charge is 2.40. The Morgan fingerprint density at radius 1 is 1.20 bits per heavy atom. The zero-order valence-corrected chi connectivity index (χ0v) is 14.0. The van der Waals surface area contributed by atoms with E-state index in [1.54, 1.807) is 9.47 Å². The van der Waals surface area contributed by atoms with Gasteiger partial charge in [0.05, 0.1) is 11.0 Å². The topological polar surface area (TPSA) is 87.2 Å². The molecule has 0 spiro atoms. The lowest BCUT2D eigenvalue weighted by Crippen LogP contribution is -2.47. The van der Waals surface area contributed by atoms with Crippen LogP contribution >= 0.6 is 0 Å². The van der Waals surface area contributed by atoms with Gasteiger partial charge in [-0.25, -0.2) is 4.79 Å². The SMILES string of the molecule is O=C(NCCn1c(=O)[nH]c2ccccc21)[C@@H]1CCCN1C(=O)C1CC1. The molecule has 2 aliphatic rings. The molecule has 25 heavy (non-hydrogen) atoms. The van der Waals surface area contributed by atoms with Crippen LogP contribution in [0.2, 0.25) is 0 Å². The van der Waals surface area contributed by atoms with Crippen LogP contribution in [-0.4, -0.2) is 45.4 Å². The number of hydrogen-bond acceptors (Lipinski definition) is 3. The number of fused-ring (bicyclic) bond motifs is 1. The molecule has 1 atom stereocenters. The van der Waals surface area contributed by atoms with E-state index in [-0.39, 0.29) is 29.5 Å². The summed E-state index contributed by atoms with van der Waals surface area (Å²) in [5.74, 6) is 0.156. The molecule has 0 bridgehead atoms. The molecular weight excluding hydrogens is 320 g/mol. The summed E-state index contributed by atoms with van der Waals surface area (Å²) in [5.41, 5.74) is 1.44. The highest BCUT2D eigenvalue weighted by Crippen LogP contribution is 2.33. The predicted molar refractivity (Wildman–Crippen MR) is 93.0 cm³/mol. The maximum absolute atomic E-state index is 12.5. The van der Waals surface area contributed by atoms with Crippen molar-refractivity contribution >= 4 is 22.8 Å². The third-order valence-corrected chi connectivity index (χ3v) is 5.08. The standard InChI is InChI=1S/C18H22N4O3/c23-16(15-6-3-10-21(15)17(24)12-7-8-12)19-9-11-22-14-5-2-1-4-13(14)20-18(22)25/h1-2,4-5,12,15H,3,6-11H2,(H,19,23)(H,20,25)/t15-/m0/s1. The lowest BCUT2D eigenvalue weighted by atomic mass is 10.2. The summed E-state index contributed by atoms with van der Waals surface area (Å²) in [5, 5.41) is 2.89. The quantitative estimate of drug-likeness (QED) is 0.844. The zero-order valence-electron chi connectivity index (χ0n) is 14.0. The minimum atomic E-state index is -0.354. The summed E-state index contributed by atoms with van der Waals surface area (Å²) in [6.07, 6.45) is 3.50. The van der Waals surface area contributed by atoms with Crippen molar-refractivity contribution in [3.8, 4) is 0 Å². The molecule has 1 aromatic carbocycles. The van der Waals surface area contributed by atoms with Gasteiger partial charge in [-0.05, 0) is 37.8 Å². The first-order chi connectivity index (χ1) is 12.1.